The minimum atomic E-state index is 0.309. The molecule has 0 bridgehead atoms. The Balaban J connectivity index is 2.30. The molecule has 1 unspecified atom stereocenters. The summed E-state index contributed by atoms with van der Waals surface area (Å²) in [4.78, 5) is 0. The fourth-order valence-corrected chi connectivity index (χ4v) is 3.52. The van der Waals surface area contributed by atoms with E-state index in [4.69, 9.17) is 0 Å². The number of halogens is 2. The molecule has 0 spiro atoms. The lowest BCUT2D eigenvalue weighted by atomic mass is 9.97. The van der Waals surface area contributed by atoms with Crippen molar-refractivity contribution in [1.82, 2.24) is 5.32 Å². The third kappa shape index (κ3) is 4.41. The molecule has 2 rings (SSSR count). The third-order valence-electron chi connectivity index (χ3n) is 3.66. The van der Waals surface area contributed by atoms with Crippen LogP contribution in [0.1, 0.15) is 35.2 Å². The third-order valence-corrected chi connectivity index (χ3v) is 5.21. The summed E-state index contributed by atoms with van der Waals surface area (Å²) in [6.45, 7) is 7.34. The van der Waals surface area contributed by atoms with Gasteiger partial charge >= 0.3 is 0 Å². The second kappa shape index (κ2) is 7.57. The van der Waals surface area contributed by atoms with Gasteiger partial charge in [-0.05, 0) is 55.6 Å². The largest absolute Gasteiger partial charge is 0.310 e. The molecule has 0 fully saturated rings. The topological polar surface area (TPSA) is 12.0 Å². The highest BCUT2D eigenvalue weighted by Gasteiger charge is 2.15. The molecule has 2 aromatic rings. The van der Waals surface area contributed by atoms with E-state index in [-0.39, 0.29) is 0 Å². The zero-order valence-electron chi connectivity index (χ0n) is 12.7. The number of hydrogen-bond donors (Lipinski definition) is 1. The first-order valence-electron chi connectivity index (χ1n) is 7.25. The van der Waals surface area contributed by atoms with Crippen molar-refractivity contribution in [1.29, 1.82) is 0 Å². The maximum atomic E-state index is 3.72. The zero-order valence-corrected chi connectivity index (χ0v) is 15.9. The average Bonchev–Trinajstić information content (AvgIpc) is 2.45. The number of nitrogens with one attached hydrogen (secondary N) is 1. The van der Waals surface area contributed by atoms with Gasteiger partial charge in [0.15, 0.2) is 0 Å². The van der Waals surface area contributed by atoms with Crippen LogP contribution in [0.3, 0.4) is 0 Å². The van der Waals surface area contributed by atoms with Crippen LogP contribution >= 0.6 is 31.9 Å². The lowest BCUT2D eigenvalue weighted by Gasteiger charge is -2.21. The molecular formula is C18H21Br2N. The van der Waals surface area contributed by atoms with Gasteiger partial charge in [-0.3, -0.25) is 0 Å². The smallest absolute Gasteiger partial charge is 0.0372 e. The van der Waals surface area contributed by atoms with Gasteiger partial charge in [-0.2, -0.15) is 0 Å². The summed E-state index contributed by atoms with van der Waals surface area (Å²) in [5.41, 5.74) is 5.21. The second-order valence-corrected chi connectivity index (χ2v) is 7.13. The van der Waals surface area contributed by atoms with Gasteiger partial charge in [0.05, 0.1) is 0 Å². The Morgan fingerprint density at radius 3 is 2.29 bits per heavy atom. The second-order valence-electron chi connectivity index (χ2n) is 5.42. The number of likely N-dealkylation sites (N-methyl/N-ethyl adjacent to an activating group) is 1. The minimum Gasteiger partial charge on any atom is -0.310 e. The van der Waals surface area contributed by atoms with E-state index in [0.29, 0.717) is 6.04 Å². The first-order chi connectivity index (χ1) is 10.0. The Morgan fingerprint density at radius 1 is 1.00 bits per heavy atom. The quantitative estimate of drug-likeness (QED) is 0.664. The average molecular weight is 411 g/mol. The predicted octanol–water partition coefficient (Wildman–Crippen LogP) is 5.72. The lowest BCUT2D eigenvalue weighted by molar-refractivity contribution is 0.547. The summed E-state index contributed by atoms with van der Waals surface area (Å²) in [5, 5.41) is 3.60. The van der Waals surface area contributed by atoms with E-state index in [1.807, 2.05) is 0 Å². The fraction of sp³-hybridized carbons (Fsp3) is 0.333. The van der Waals surface area contributed by atoms with E-state index in [1.165, 1.54) is 26.7 Å². The van der Waals surface area contributed by atoms with Crippen LogP contribution in [0.25, 0.3) is 0 Å². The molecule has 21 heavy (non-hydrogen) atoms. The highest BCUT2D eigenvalue weighted by Crippen LogP contribution is 2.31. The van der Waals surface area contributed by atoms with Gasteiger partial charge < -0.3 is 5.32 Å². The van der Waals surface area contributed by atoms with Gasteiger partial charge in [0, 0.05) is 15.0 Å². The van der Waals surface area contributed by atoms with E-state index >= 15 is 0 Å². The van der Waals surface area contributed by atoms with Gasteiger partial charge in [0.25, 0.3) is 0 Å². The van der Waals surface area contributed by atoms with Crippen LogP contribution in [0.2, 0.25) is 0 Å². The SMILES string of the molecule is CCNC(Cc1ccc(C)cc1)c1cc(Br)c(C)cc1Br. The molecule has 112 valence electrons. The van der Waals surface area contributed by atoms with Crippen LogP contribution in [-0.2, 0) is 6.42 Å². The summed E-state index contributed by atoms with van der Waals surface area (Å²) >= 11 is 7.36. The molecule has 0 saturated heterocycles. The molecular weight excluding hydrogens is 390 g/mol. The van der Waals surface area contributed by atoms with E-state index < -0.39 is 0 Å². The first-order valence-corrected chi connectivity index (χ1v) is 8.84. The van der Waals surface area contributed by atoms with Crippen LogP contribution in [0, 0.1) is 13.8 Å². The number of aryl methyl sites for hydroxylation is 2. The van der Waals surface area contributed by atoms with E-state index in [2.05, 4.69) is 94.3 Å². The maximum Gasteiger partial charge on any atom is 0.0372 e. The first kappa shape index (κ1) is 16.7. The molecule has 3 heteroatoms. The molecule has 0 amide bonds. The Labute approximate surface area is 144 Å². The van der Waals surface area contributed by atoms with Crippen molar-refractivity contribution in [3.8, 4) is 0 Å². The number of rotatable bonds is 5. The molecule has 1 N–H and O–H groups in total. The Hall–Kier alpha value is -0.640. The van der Waals surface area contributed by atoms with E-state index in [9.17, 15) is 0 Å². The lowest BCUT2D eigenvalue weighted by Crippen LogP contribution is -2.23. The van der Waals surface area contributed by atoms with E-state index in [0.717, 1.165) is 17.4 Å². The van der Waals surface area contributed by atoms with Crippen molar-refractivity contribution in [2.24, 2.45) is 0 Å². The van der Waals surface area contributed by atoms with Crippen molar-refractivity contribution >= 4 is 31.9 Å². The molecule has 0 radical (unpaired) electrons. The summed E-state index contributed by atoms with van der Waals surface area (Å²) in [6, 6.07) is 13.5. The van der Waals surface area contributed by atoms with Crippen LogP contribution in [0.15, 0.2) is 45.3 Å². The van der Waals surface area contributed by atoms with Crippen molar-refractivity contribution in [3.63, 3.8) is 0 Å². The molecule has 0 aliphatic heterocycles. The normalized spacial score (nSPS) is 12.4. The highest BCUT2D eigenvalue weighted by atomic mass is 79.9. The van der Waals surface area contributed by atoms with Gasteiger partial charge in [0.1, 0.15) is 0 Å². The molecule has 1 atom stereocenters. The van der Waals surface area contributed by atoms with Crippen LogP contribution in [-0.4, -0.2) is 6.54 Å². The highest BCUT2D eigenvalue weighted by molar-refractivity contribution is 9.11. The van der Waals surface area contributed by atoms with Crippen LogP contribution in [0.5, 0.6) is 0 Å². The van der Waals surface area contributed by atoms with Gasteiger partial charge in [-0.25, -0.2) is 0 Å². The van der Waals surface area contributed by atoms with Crippen molar-refractivity contribution in [2.75, 3.05) is 6.54 Å². The molecule has 1 nitrogen and oxygen atoms in total. The van der Waals surface area contributed by atoms with E-state index in [1.54, 1.807) is 0 Å². The molecule has 0 saturated carbocycles. The standard InChI is InChI=1S/C18H21Br2N/c1-4-21-18(10-14-7-5-12(2)6-8-14)15-11-16(19)13(3)9-17(15)20/h5-9,11,18,21H,4,10H2,1-3H3. The summed E-state index contributed by atoms with van der Waals surface area (Å²) in [7, 11) is 0. The Kier molecular flexibility index (Phi) is 6.03. The number of benzene rings is 2. The monoisotopic (exact) mass is 409 g/mol. The molecule has 0 heterocycles. The molecule has 0 aromatic heterocycles. The maximum absolute atomic E-state index is 3.72. The fourth-order valence-electron chi connectivity index (χ4n) is 2.43. The predicted molar refractivity (Wildman–Crippen MR) is 97.9 cm³/mol. The summed E-state index contributed by atoms with van der Waals surface area (Å²) in [6.07, 6.45) is 0.988. The Bertz CT molecular complexity index is 605. The Morgan fingerprint density at radius 2 is 1.67 bits per heavy atom. The van der Waals surface area contributed by atoms with Crippen LogP contribution in [0.4, 0.5) is 0 Å². The molecule has 0 aliphatic rings. The molecule has 2 aromatic carbocycles. The van der Waals surface area contributed by atoms with Crippen LogP contribution < -0.4 is 5.32 Å². The summed E-state index contributed by atoms with van der Waals surface area (Å²) < 4.78 is 2.33. The van der Waals surface area contributed by atoms with Crippen molar-refractivity contribution < 1.29 is 0 Å². The van der Waals surface area contributed by atoms with Crippen molar-refractivity contribution in [2.45, 2.75) is 33.2 Å². The van der Waals surface area contributed by atoms with Gasteiger partial charge in [-0.1, -0.05) is 68.6 Å². The minimum absolute atomic E-state index is 0.309. The summed E-state index contributed by atoms with van der Waals surface area (Å²) in [5.74, 6) is 0. The van der Waals surface area contributed by atoms with Gasteiger partial charge in [-0.15, -0.1) is 0 Å². The molecule has 0 aliphatic carbocycles. The van der Waals surface area contributed by atoms with Gasteiger partial charge in [0.2, 0.25) is 0 Å². The van der Waals surface area contributed by atoms with Crippen molar-refractivity contribution in [3.05, 3.63) is 67.6 Å². The number of hydrogen-bond acceptors (Lipinski definition) is 1. The zero-order chi connectivity index (χ0) is 15.4.